The molecule has 206 valence electrons. The normalized spacial score (nSPS) is 13.5. The van der Waals surface area contributed by atoms with Crippen molar-refractivity contribution in [2.75, 3.05) is 32.2 Å². The van der Waals surface area contributed by atoms with E-state index >= 15 is 0 Å². The zero-order chi connectivity index (χ0) is 26.2. The molecule has 1 aromatic rings. The van der Waals surface area contributed by atoms with E-state index in [0.717, 1.165) is 18.8 Å². The van der Waals surface area contributed by atoms with Crippen LogP contribution in [0.5, 0.6) is 11.5 Å². The van der Waals surface area contributed by atoms with E-state index in [9.17, 15) is 5.11 Å². The summed E-state index contributed by atoms with van der Waals surface area (Å²) < 4.78 is 12.1. The van der Waals surface area contributed by atoms with Crippen LogP contribution >= 0.6 is 20.8 Å². The van der Waals surface area contributed by atoms with Crippen molar-refractivity contribution < 1.29 is 14.3 Å². The van der Waals surface area contributed by atoms with Crippen molar-refractivity contribution in [1.29, 1.82) is 0 Å². The second-order valence-electron chi connectivity index (χ2n) is 11.2. The summed E-state index contributed by atoms with van der Waals surface area (Å²) in [5.74, 6) is 1.37. The van der Waals surface area contributed by atoms with Crippen LogP contribution in [0, 0.1) is 0 Å². The van der Waals surface area contributed by atoms with Gasteiger partial charge in [-0.2, -0.15) is 0 Å². The molecule has 0 unspecified atom stereocenters. The number of phenolic OH excluding ortho intramolecular Hbond substituents is 1. The van der Waals surface area contributed by atoms with E-state index in [1.165, 1.54) is 100 Å². The van der Waals surface area contributed by atoms with E-state index in [1.54, 1.807) is 6.07 Å². The molecule has 1 aromatic carbocycles. The first-order chi connectivity index (χ1) is 16.6. The summed E-state index contributed by atoms with van der Waals surface area (Å²) >= 11 is 4.50. The molecule has 0 saturated heterocycles. The van der Waals surface area contributed by atoms with E-state index in [2.05, 4.69) is 49.4 Å². The number of rotatable bonds is 21. The first-order valence-electron chi connectivity index (χ1n) is 14.4. The fourth-order valence-corrected chi connectivity index (χ4v) is 15.0. The molecule has 3 nitrogen and oxygen atoms in total. The zero-order valence-electron chi connectivity index (χ0n) is 23.8. The molecule has 0 aromatic heterocycles. The standard InChI is InChI=1S/C29H56BrO3PSi/c1-7-10-22-34(30,23-11-8-2,24-12-9-3)29-26-27(31)19-20-28(29)33-21-17-15-13-14-16-18-25-35(5,6)32-4/h19-20,26,31H,7-18,21-25H2,1-6H3. The molecule has 6 heteroatoms. The first-order valence-corrected chi connectivity index (χ1v) is 22.3. The fraction of sp³-hybridized carbons (Fsp3) is 0.793. The van der Waals surface area contributed by atoms with Gasteiger partial charge in [-0.25, -0.2) is 0 Å². The Labute approximate surface area is 226 Å². The Morgan fingerprint density at radius 2 is 1.31 bits per heavy atom. The molecular weight excluding hydrogens is 535 g/mol. The van der Waals surface area contributed by atoms with Gasteiger partial charge < -0.3 is 4.43 Å². The Morgan fingerprint density at radius 1 is 0.800 bits per heavy atom. The Bertz CT molecular complexity index is 689. The molecule has 0 radical (unpaired) electrons. The van der Waals surface area contributed by atoms with Crippen LogP contribution < -0.4 is 10.0 Å². The molecule has 0 spiro atoms. The Hall–Kier alpha value is -0.0931. The molecule has 0 amide bonds. The van der Waals surface area contributed by atoms with E-state index in [0.29, 0.717) is 5.75 Å². The smallest absolute Gasteiger partial charge is 0.420 e. The third kappa shape index (κ3) is 11.4. The van der Waals surface area contributed by atoms with Crippen molar-refractivity contribution in [3.05, 3.63) is 18.2 Å². The van der Waals surface area contributed by atoms with Crippen molar-refractivity contribution in [3.8, 4) is 11.5 Å². The monoisotopic (exact) mass is 590 g/mol. The number of halogens is 1. The number of hydrogen-bond donors (Lipinski definition) is 1. The van der Waals surface area contributed by atoms with E-state index in [-0.39, 0.29) is 0 Å². The molecule has 0 saturated carbocycles. The quantitative estimate of drug-likeness (QED) is 0.0879. The minimum absolute atomic E-state index is 0.366. The van der Waals surface area contributed by atoms with Crippen LogP contribution in [0.4, 0.5) is 0 Å². The van der Waals surface area contributed by atoms with Gasteiger partial charge in [-0.15, -0.1) is 0 Å². The molecule has 0 aliphatic heterocycles. The van der Waals surface area contributed by atoms with Gasteiger partial charge >= 0.3 is 203 Å². The van der Waals surface area contributed by atoms with E-state index < -0.39 is 13.6 Å². The number of ether oxygens (including phenoxy) is 1. The third-order valence-electron chi connectivity index (χ3n) is 7.60. The summed E-state index contributed by atoms with van der Waals surface area (Å²) in [7, 11) is 0.476. The van der Waals surface area contributed by atoms with Crippen LogP contribution in [-0.2, 0) is 4.43 Å². The Morgan fingerprint density at radius 3 is 1.83 bits per heavy atom. The SMILES string of the molecule is CCCCP(Br)(CCCC)(CCCC)c1cc(O)ccc1OCCCCCCCC[Si](C)(C)OC. The average Bonchev–Trinajstić information content (AvgIpc) is 2.85. The van der Waals surface area contributed by atoms with Gasteiger partial charge in [0, 0.05) is 7.11 Å². The fourth-order valence-electron chi connectivity index (χ4n) is 4.97. The molecule has 0 bridgehead atoms. The minimum atomic E-state index is -2.40. The van der Waals surface area contributed by atoms with Crippen LogP contribution in [0.25, 0.3) is 0 Å². The van der Waals surface area contributed by atoms with E-state index in [4.69, 9.17) is 9.16 Å². The molecule has 0 aliphatic rings. The van der Waals surface area contributed by atoms with Gasteiger partial charge in [-0.1, -0.05) is 0 Å². The van der Waals surface area contributed by atoms with Crippen LogP contribution in [0.2, 0.25) is 19.1 Å². The number of phenols is 1. The predicted octanol–water partition coefficient (Wildman–Crippen LogP) is 9.85. The van der Waals surface area contributed by atoms with Crippen molar-refractivity contribution in [3.63, 3.8) is 0 Å². The molecular formula is C29H56BrO3PSi. The minimum Gasteiger partial charge on any atom is -0.420 e. The van der Waals surface area contributed by atoms with Gasteiger partial charge in [-0.3, -0.25) is 0 Å². The summed E-state index contributed by atoms with van der Waals surface area (Å²) in [5.41, 5.74) is 0. The second kappa shape index (κ2) is 16.7. The number of aromatic hydroxyl groups is 1. The topological polar surface area (TPSA) is 38.7 Å². The molecule has 0 atom stereocenters. The molecule has 0 fully saturated rings. The van der Waals surface area contributed by atoms with Crippen LogP contribution in [0.3, 0.4) is 0 Å². The molecule has 1 N–H and O–H groups in total. The second-order valence-corrected chi connectivity index (χ2v) is 26.2. The third-order valence-corrected chi connectivity index (χ3v) is 20.2. The van der Waals surface area contributed by atoms with Gasteiger partial charge in [0.2, 0.25) is 0 Å². The maximum absolute atomic E-state index is 10.5. The summed E-state index contributed by atoms with van der Waals surface area (Å²) in [4.78, 5) is 0. The van der Waals surface area contributed by atoms with Gasteiger partial charge in [0.05, 0.1) is 0 Å². The maximum atomic E-state index is 10.5. The summed E-state index contributed by atoms with van der Waals surface area (Å²) in [6.45, 7) is 12.2. The van der Waals surface area contributed by atoms with Crippen LogP contribution in [-0.4, -0.2) is 45.6 Å². The number of hydrogen-bond acceptors (Lipinski definition) is 3. The van der Waals surface area contributed by atoms with Crippen LogP contribution in [0.15, 0.2) is 18.2 Å². The van der Waals surface area contributed by atoms with Crippen molar-refractivity contribution in [2.45, 2.75) is 117 Å². The van der Waals surface area contributed by atoms with Gasteiger partial charge in [0.1, 0.15) is 0 Å². The van der Waals surface area contributed by atoms with Crippen LogP contribution in [0.1, 0.15) is 97.8 Å². The van der Waals surface area contributed by atoms with Crippen molar-refractivity contribution in [2.24, 2.45) is 0 Å². The Kier molecular flexibility index (Phi) is 15.7. The zero-order valence-corrected chi connectivity index (χ0v) is 27.3. The summed E-state index contributed by atoms with van der Waals surface area (Å²) in [5, 5.41) is 9.39. The summed E-state index contributed by atoms with van der Waals surface area (Å²) in [6, 6.07) is 7.13. The number of unbranched alkanes of at least 4 members (excludes halogenated alkanes) is 8. The van der Waals surface area contributed by atoms with Crippen molar-refractivity contribution >= 4 is 34.4 Å². The molecule has 0 aliphatic carbocycles. The number of benzene rings is 1. The predicted molar refractivity (Wildman–Crippen MR) is 165 cm³/mol. The van der Waals surface area contributed by atoms with Gasteiger partial charge in [0.15, 0.2) is 0 Å². The first kappa shape index (κ1) is 32.9. The molecule has 1 rings (SSSR count). The summed E-state index contributed by atoms with van der Waals surface area (Å²) in [6.07, 6.45) is 18.4. The molecule has 35 heavy (non-hydrogen) atoms. The Balaban J connectivity index is 2.82. The molecule has 0 heterocycles. The van der Waals surface area contributed by atoms with Gasteiger partial charge in [0.25, 0.3) is 0 Å². The van der Waals surface area contributed by atoms with Gasteiger partial charge in [-0.05, 0) is 13.1 Å². The van der Waals surface area contributed by atoms with Crippen molar-refractivity contribution in [1.82, 2.24) is 0 Å². The van der Waals surface area contributed by atoms with E-state index in [1.807, 2.05) is 19.2 Å². The average molecular weight is 592 g/mol.